The van der Waals surface area contributed by atoms with Crippen molar-refractivity contribution >= 4 is 17.8 Å². The number of esters is 1. The maximum atomic E-state index is 12.9. The summed E-state index contributed by atoms with van der Waals surface area (Å²) < 4.78 is 4.62. The van der Waals surface area contributed by atoms with Crippen molar-refractivity contribution in [1.29, 1.82) is 0 Å². The Bertz CT molecular complexity index is 805. The molecule has 0 bridgehead atoms. The lowest BCUT2D eigenvalue weighted by Gasteiger charge is -2.35. The second kappa shape index (κ2) is 7.77. The van der Waals surface area contributed by atoms with E-state index in [0.29, 0.717) is 19.5 Å². The highest BCUT2D eigenvalue weighted by Gasteiger charge is 2.34. The first-order valence-electron chi connectivity index (χ1n) is 8.27. The fourth-order valence-corrected chi connectivity index (χ4v) is 2.90. The summed E-state index contributed by atoms with van der Waals surface area (Å²) in [6.45, 7) is 0.804. The second-order valence-electron chi connectivity index (χ2n) is 5.92. The molecule has 1 fully saturated rings. The molecule has 1 N–H and O–H groups in total. The molecule has 0 spiro atoms. The summed E-state index contributed by atoms with van der Waals surface area (Å²) in [5.74, 6) is -1.03. The van der Waals surface area contributed by atoms with Gasteiger partial charge in [0.1, 0.15) is 11.7 Å². The molecule has 7 nitrogen and oxygen atoms in total. The Labute approximate surface area is 151 Å². The molecule has 1 aromatic carbocycles. The predicted molar refractivity (Wildman–Crippen MR) is 93.6 cm³/mol. The number of carbonyl (C=O) groups excluding carboxylic acids is 3. The second-order valence-corrected chi connectivity index (χ2v) is 5.92. The first-order valence-corrected chi connectivity index (χ1v) is 8.27. The molecule has 1 aliphatic heterocycles. The van der Waals surface area contributed by atoms with Crippen LogP contribution in [-0.2, 0) is 16.0 Å². The van der Waals surface area contributed by atoms with Gasteiger partial charge >= 0.3 is 5.97 Å². The number of piperazine rings is 1. The zero-order valence-corrected chi connectivity index (χ0v) is 14.3. The largest absolute Gasteiger partial charge is 0.465 e. The summed E-state index contributed by atoms with van der Waals surface area (Å²) in [5.41, 5.74) is 1.42. The summed E-state index contributed by atoms with van der Waals surface area (Å²) >= 11 is 0. The average Bonchev–Trinajstić information content (AvgIpc) is 2.69. The molecular weight excluding hydrogens is 334 g/mol. The Morgan fingerprint density at radius 3 is 2.65 bits per heavy atom. The van der Waals surface area contributed by atoms with Crippen LogP contribution in [-0.4, -0.2) is 53.9 Å². The maximum Gasteiger partial charge on any atom is 0.339 e. The van der Waals surface area contributed by atoms with E-state index >= 15 is 0 Å². The van der Waals surface area contributed by atoms with Crippen LogP contribution in [0, 0.1) is 0 Å². The van der Waals surface area contributed by atoms with Gasteiger partial charge in [0.15, 0.2) is 0 Å². The Kier molecular flexibility index (Phi) is 5.26. The highest BCUT2D eigenvalue weighted by atomic mass is 16.5. The van der Waals surface area contributed by atoms with Crippen molar-refractivity contribution in [2.45, 2.75) is 12.5 Å². The molecule has 134 valence electrons. The highest BCUT2D eigenvalue weighted by molar-refractivity contribution is 5.97. The Morgan fingerprint density at radius 2 is 2.00 bits per heavy atom. The lowest BCUT2D eigenvalue weighted by atomic mass is 10.0. The van der Waals surface area contributed by atoms with E-state index in [9.17, 15) is 14.4 Å². The summed E-state index contributed by atoms with van der Waals surface area (Å²) in [4.78, 5) is 42.3. The van der Waals surface area contributed by atoms with E-state index in [0.717, 1.165) is 5.56 Å². The summed E-state index contributed by atoms with van der Waals surface area (Å²) in [7, 11) is 1.28. The molecule has 7 heteroatoms. The molecule has 0 saturated carbocycles. The van der Waals surface area contributed by atoms with Crippen molar-refractivity contribution in [3.63, 3.8) is 0 Å². The van der Waals surface area contributed by atoms with Gasteiger partial charge in [0.05, 0.1) is 12.7 Å². The SMILES string of the molecule is COC(=O)c1ccc(C(=O)N2CCNC(=O)C2Cc2ccccc2)nc1. The molecule has 26 heavy (non-hydrogen) atoms. The molecule has 3 rings (SSSR count). The monoisotopic (exact) mass is 353 g/mol. The Hall–Kier alpha value is -3.22. The van der Waals surface area contributed by atoms with Gasteiger partial charge < -0.3 is 15.0 Å². The van der Waals surface area contributed by atoms with Crippen LogP contribution in [0.3, 0.4) is 0 Å². The Balaban J connectivity index is 1.81. The standard InChI is InChI=1S/C19H19N3O4/c1-26-19(25)14-7-8-15(21-12-14)18(24)22-10-9-20-17(23)16(22)11-13-5-3-2-4-6-13/h2-8,12,16H,9-11H2,1H3,(H,20,23). The number of hydrogen-bond donors (Lipinski definition) is 1. The molecule has 2 amide bonds. The summed E-state index contributed by atoms with van der Waals surface area (Å²) in [6.07, 6.45) is 1.73. The van der Waals surface area contributed by atoms with Crippen molar-refractivity contribution in [1.82, 2.24) is 15.2 Å². The summed E-state index contributed by atoms with van der Waals surface area (Å²) in [6, 6.07) is 11.9. The van der Waals surface area contributed by atoms with Crippen LogP contribution in [0.4, 0.5) is 0 Å². The molecule has 1 aliphatic rings. The normalized spacial score (nSPS) is 16.7. The van der Waals surface area contributed by atoms with E-state index in [1.165, 1.54) is 30.3 Å². The van der Waals surface area contributed by atoms with Crippen molar-refractivity contribution in [3.8, 4) is 0 Å². The minimum absolute atomic E-state index is 0.181. The van der Waals surface area contributed by atoms with Crippen molar-refractivity contribution in [2.75, 3.05) is 20.2 Å². The average molecular weight is 353 g/mol. The quantitative estimate of drug-likeness (QED) is 0.830. The molecule has 1 aromatic heterocycles. The minimum atomic E-state index is -0.597. The van der Waals surface area contributed by atoms with E-state index in [4.69, 9.17) is 0 Å². The number of nitrogens with one attached hydrogen (secondary N) is 1. The van der Waals surface area contributed by atoms with Gasteiger partial charge in [0, 0.05) is 25.7 Å². The van der Waals surface area contributed by atoms with Crippen molar-refractivity contribution < 1.29 is 19.1 Å². The molecule has 1 saturated heterocycles. The lowest BCUT2D eigenvalue weighted by Crippen LogP contribution is -2.58. The number of pyridine rings is 1. The van der Waals surface area contributed by atoms with Crippen molar-refractivity contribution in [3.05, 3.63) is 65.5 Å². The molecule has 2 heterocycles. The van der Waals surface area contributed by atoms with Gasteiger partial charge in [0.2, 0.25) is 5.91 Å². The number of amides is 2. The molecular formula is C19H19N3O4. The van der Waals surface area contributed by atoms with Crippen LogP contribution < -0.4 is 5.32 Å². The first-order chi connectivity index (χ1) is 12.6. The number of nitrogens with zero attached hydrogens (tertiary/aromatic N) is 2. The summed E-state index contributed by atoms with van der Waals surface area (Å²) in [5, 5.41) is 2.81. The highest BCUT2D eigenvalue weighted by Crippen LogP contribution is 2.15. The number of rotatable bonds is 4. The fraction of sp³-hybridized carbons (Fsp3) is 0.263. The minimum Gasteiger partial charge on any atom is -0.465 e. The van der Waals surface area contributed by atoms with E-state index < -0.39 is 12.0 Å². The van der Waals surface area contributed by atoms with E-state index in [1.807, 2.05) is 30.3 Å². The van der Waals surface area contributed by atoms with Gasteiger partial charge in [-0.2, -0.15) is 0 Å². The number of ether oxygens (including phenoxy) is 1. The van der Waals surface area contributed by atoms with Crippen LogP contribution >= 0.6 is 0 Å². The van der Waals surface area contributed by atoms with Gasteiger partial charge in [0.25, 0.3) is 5.91 Å². The number of aromatic nitrogens is 1. The van der Waals surface area contributed by atoms with Crippen LogP contribution in [0.25, 0.3) is 0 Å². The zero-order chi connectivity index (χ0) is 18.5. The number of benzene rings is 1. The lowest BCUT2D eigenvalue weighted by molar-refractivity contribution is -0.127. The predicted octanol–water partition coefficient (Wildman–Crippen LogP) is 1.05. The third kappa shape index (κ3) is 3.72. The number of hydrogen-bond acceptors (Lipinski definition) is 5. The zero-order valence-electron chi connectivity index (χ0n) is 14.3. The molecule has 0 radical (unpaired) electrons. The number of methoxy groups -OCH3 is 1. The molecule has 2 aromatic rings. The van der Waals surface area contributed by atoms with E-state index in [-0.39, 0.29) is 23.1 Å². The van der Waals surface area contributed by atoms with Crippen LogP contribution in [0.15, 0.2) is 48.7 Å². The number of carbonyl (C=O) groups is 3. The Morgan fingerprint density at radius 1 is 1.23 bits per heavy atom. The van der Waals surface area contributed by atoms with Gasteiger partial charge in [-0.05, 0) is 17.7 Å². The van der Waals surface area contributed by atoms with E-state index in [1.54, 1.807) is 0 Å². The van der Waals surface area contributed by atoms with E-state index in [2.05, 4.69) is 15.0 Å². The smallest absolute Gasteiger partial charge is 0.339 e. The molecule has 0 aliphatic carbocycles. The maximum absolute atomic E-state index is 12.9. The molecule has 1 unspecified atom stereocenters. The first kappa shape index (κ1) is 17.6. The topological polar surface area (TPSA) is 88.6 Å². The third-order valence-corrected chi connectivity index (χ3v) is 4.27. The fourth-order valence-electron chi connectivity index (χ4n) is 2.90. The van der Waals surface area contributed by atoms with Crippen LogP contribution in [0.1, 0.15) is 26.4 Å². The van der Waals surface area contributed by atoms with Gasteiger partial charge in [-0.1, -0.05) is 30.3 Å². The van der Waals surface area contributed by atoms with Crippen LogP contribution in [0.5, 0.6) is 0 Å². The van der Waals surface area contributed by atoms with Gasteiger partial charge in [-0.15, -0.1) is 0 Å². The molecule has 1 atom stereocenters. The van der Waals surface area contributed by atoms with Gasteiger partial charge in [-0.3, -0.25) is 14.6 Å². The van der Waals surface area contributed by atoms with Crippen molar-refractivity contribution in [2.24, 2.45) is 0 Å². The van der Waals surface area contributed by atoms with Gasteiger partial charge in [-0.25, -0.2) is 4.79 Å². The van der Waals surface area contributed by atoms with Crippen LogP contribution in [0.2, 0.25) is 0 Å². The third-order valence-electron chi connectivity index (χ3n) is 4.27.